The van der Waals surface area contributed by atoms with Crippen molar-refractivity contribution >= 4 is 31.2 Å². The molecule has 0 aromatic carbocycles. The van der Waals surface area contributed by atoms with Crippen LogP contribution >= 0.6 is 0 Å². The van der Waals surface area contributed by atoms with Crippen LogP contribution in [0.4, 0.5) is 11.4 Å². The highest BCUT2D eigenvalue weighted by Gasteiger charge is 2.35. The summed E-state index contributed by atoms with van der Waals surface area (Å²) >= 11 is 0. The molecular weight excluding hydrogens is 302 g/mol. The molecule has 9 heteroatoms. The number of pyridine rings is 1. The van der Waals surface area contributed by atoms with Crippen LogP contribution in [0.2, 0.25) is 0 Å². The third-order valence-electron chi connectivity index (χ3n) is 3.47. The quantitative estimate of drug-likeness (QED) is 0.840. The molecule has 2 N–H and O–H groups in total. The highest BCUT2D eigenvalue weighted by atomic mass is 32.2. The summed E-state index contributed by atoms with van der Waals surface area (Å²) in [4.78, 5) is 3.82. The highest BCUT2D eigenvalue weighted by molar-refractivity contribution is 7.94. The van der Waals surface area contributed by atoms with E-state index in [0.29, 0.717) is 5.69 Å². The zero-order valence-electron chi connectivity index (χ0n) is 11.1. The van der Waals surface area contributed by atoms with Crippen molar-refractivity contribution in [3.63, 3.8) is 0 Å². The number of aromatic nitrogens is 1. The number of sulfonamides is 1. The predicted molar refractivity (Wildman–Crippen MR) is 77.6 cm³/mol. The molecule has 0 amide bonds. The van der Waals surface area contributed by atoms with Crippen LogP contribution in [0.5, 0.6) is 0 Å². The topological polar surface area (TPSA) is 110 Å². The van der Waals surface area contributed by atoms with Gasteiger partial charge in [-0.25, -0.2) is 16.8 Å². The minimum absolute atomic E-state index is 0.0867. The van der Waals surface area contributed by atoms with Gasteiger partial charge in [-0.2, -0.15) is 0 Å². The lowest BCUT2D eigenvalue weighted by atomic mass is 10.2. The summed E-state index contributed by atoms with van der Waals surface area (Å²) in [5.74, 6) is -0.173. The van der Waals surface area contributed by atoms with Gasteiger partial charge in [0.2, 0.25) is 10.0 Å². The molecule has 0 radical (unpaired) electrons. The molecule has 0 saturated carbocycles. The van der Waals surface area contributed by atoms with E-state index < -0.39 is 25.1 Å². The molecule has 0 atom stereocenters. The van der Waals surface area contributed by atoms with Crippen LogP contribution in [-0.2, 0) is 19.9 Å². The normalized spacial score (nSPS) is 19.6. The molecule has 2 heterocycles. The van der Waals surface area contributed by atoms with E-state index in [1.807, 2.05) is 0 Å². The van der Waals surface area contributed by atoms with Crippen molar-refractivity contribution in [1.29, 1.82) is 0 Å². The zero-order valence-corrected chi connectivity index (χ0v) is 12.7. The summed E-state index contributed by atoms with van der Waals surface area (Å²) in [5.41, 5.74) is 6.35. The maximum absolute atomic E-state index is 12.5. The van der Waals surface area contributed by atoms with E-state index in [0.717, 1.165) is 4.31 Å². The van der Waals surface area contributed by atoms with Gasteiger partial charge in [0.15, 0.2) is 0 Å². The second kappa shape index (κ2) is 5.21. The van der Waals surface area contributed by atoms with Crippen molar-refractivity contribution in [1.82, 2.24) is 4.98 Å². The van der Waals surface area contributed by atoms with Crippen molar-refractivity contribution < 1.29 is 16.8 Å². The Morgan fingerprint density at radius 2 is 1.95 bits per heavy atom. The minimum Gasteiger partial charge on any atom is -0.396 e. The van der Waals surface area contributed by atoms with Crippen LogP contribution in [0.15, 0.2) is 18.5 Å². The second-order valence-electron chi connectivity index (χ2n) is 4.80. The van der Waals surface area contributed by atoms with Crippen molar-refractivity contribution in [2.24, 2.45) is 0 Å². The van der Waals surface area contributed by atoms with E-state index in [9.17, 15) is 16.8 Å². The smallest absolute Gasteiger partial charge is 0.237 e. The van der Waals surface area contributed by atoms with Gasteiger partial charge < -0.3 is 5.73 Å². The summed E-state index contributed by atoms with van der Waals surface area (Å²) in [6, 6.07) is 1.52. The number of sulfone groups is 1. The van der Waals surface area contributed by atoms with Crippen LogP contribution < -0.4 is 10.0 Å². The van der Waals surface area contributed by atoms with Gasteiger partial charge >= 0.3 is 0 Å². The monoisotopic (exact) mass is 319 g/mol. The lowest BCUT2D eigenvalue weighted by molar-refractivity contribution is 0.551. The van der Waals surface area contributed by atoms with Crippen LogP contribution in [-0.4, -0.2) is 45.6 Å². The molecule has 0 spiro atoms. The average molecular weight is 319 g/mol. The molecule has 2 rings (SSSR count). The summed E-state index contributed by atoms with van der Waals surface area (Å²) in [6.07, 6.45) is 3.09. The molecule has 112 valence electrons. The van der Waals surface area contributed by atoms with Gasteiger partial charge in [-0.05, 0) is 18.9 Å². The molecule has 7 nitrogen and oxygen atoms in total. The Hall–Kier alpha value is -1.35. The fourth-order valence-corrected chi connectivity index (χ4v) is 5.72. The summed E-state index contributed by atoms with van der Waals surface area (Å²) in [5, 5.41) is -0.691. The molecule has 0 unspecified atom stereocenters. The lowest BCUT2D eigenvalue weighted by Crippen LogP contribution is -2.41. The third-order valence-corrected chi connectivity index (χ3v) is 7.46. The number of rotatable bonds is 3. The van der Waals surface area contributed by atoms with Gasteiger partial charge in [-0.15, -0.1) is 0 Å². The molecular formula is C11H17N3O4S2. The SMILES string of the molecule is CN(c1ccncc1N)S(=O)(=O)C1CCS(=O)(=O)CC1. The number of anilines is 2. The summed E-state index contributed by atoms with van der Waals surface area (Å²) < 4.78 is 48.9. The number of hydrogen-bond donors (Lipinski definition) is 1. The van der Waals surface area contributed by atoms with Crippen molar-refractivity contribution in [2.45, 2.75) is 18.1 Å². The molecule has 1 aliphatic heterocycles. The molecule has 1 aliphatic rings. The predicted octanol–water partition coefficient (Wildman–Crippen LogP) is 0.00700. The average Bonchev–Trinajstić information content (AvgIpc) is 2.38. The minimum atomic E-state index is -3.63. The molecule has 1 aromatic heterocycles. The fourth-order valence-electron chi connectivity index (χ4n) is 2.21. The first-order valence-electron chi connectivity index (χ1n) is 6.12. The zero-order chi connectivity index (χ0) is 15.0. The van der Waals surface area contributed by atoms with Crippen molar-refractivity contribution in [3.8, 4) is 0 Å². The summed E-state index contributed by atoms with van der Waals surface area (Å²) in [7, 11) is -5.30. The molecule has 1 fully saturated rings. The molecule has 0 bridgehead atoms. The van der Waals surface area contributed by atoms with E-state index in [2.05, 4.69) is 4.98 Å². The number of nitrogens with two attached hydrogens (primary N) is 1. The Morgan fingerprint density at radius 3 is 2.50 bits per heavy atom. The van der Waals surface area contributed by atoms with Gasteiger partial charge in [-0.3, -0.25) is 9.29 Å². The van der Waals surface area contributed by atoms with E-state index in [-0.39, 0.29) is 30.0 Å². The Kier molecular flexibility index (Phi) is 3.92. The number of hydrogen-bond acceptors (Lipinski definition) is 6. The van der Waals surface area contributed by atoms with E-state index in [1.54, 1.807) is 0 Å². The lowest BCUT2D eigenvalue weighted by Gasteiger charge is -2.28. The number of nitrogen functional groups attached to an aromatic ring is 1. The van der Waals surface area contributed by atoms with Crippen LogP contribution in [0.25, 0.3) is 0 Å². The van der Waals surface area contributed by atoms with Gasteiger partial charge in [0.05, 0.1) is 34.3 Å². The first kappa shape index (κ1) is 15.0. The second-order valence-corrected chi connectivity index (χ2v) is 9.35. The third kappa shape index (κ3) is 2.88. The molecule has 20 heavy (non-hydrogen) atoms. The maximum atomic E-state index is 12.5. The first-order chi connectivity index (χ1) is 9.24. The van der Waals surface area contributed by atoms with Gasteiger partial charge in [0.25, 0.3) is 0 Å². The van der Waals surface area contributed by atoms with E-state index >= 15 is 0 Å². The fraction of sp³-hybridized carbons (Fsp3) is 0.545. The van der Waals surface area contributed by atoms with Crippen LogP contribution in [0.3, 0.4) is 0 Å². The largest absolute Gasteiger partial charge is 0.396 e. The van der Waals surface area contributed by atoms with E-state index in [4.69, 9.17) is 5.73 Å². The van der Waals surface area contributed by atoms with Crippen LogP contribution in [0, 0.1) is 0 Å². The molecule has 1 saturated heterocycles. The number of nitrogens with zero attached hydrogens (tertiary/aromatic N) is 2. The highest BCUT2D eigenvalue weighted by Crippen LogP contribution is 2.28. The van der Waals surface area contributed by atoms with E-state index in [1.165, 1.54) is 25.5 Å². The molecule has 1 aromatic rings. The Bertz CT molecular complexity index is 686. The van der Waals surface area contributed by atoms with Crippen molar-refractivity contribution in [2.75, 3.05) is 28.6 Å². The van der Waals surface area contributed by atoms with Crippen molar-refractivity contribution in [3.05, 3.63) is 18.5 Å². The maximum Gasteiger partial charge on any atom is 0.237 e. The standard InChI is InChI=1S/C11H17N3O4S2/c1-14(11-2-5-13-8-10(11)12)20(17,18)9-3-6-19(15,16)7-4-9/h2,5,8-9H,3-4,6-7,12H2,1H3. The first-order valence-corrected chi connectivity index (χ1v) is 9.44. The van der Waals surface area contributed by atoms with Gasteiger partial charge in [0, 0.05) is 13.2 Å². The van der Waals surface area contributed by atoms with Gasteiger partial charge in [0.1, 0.15) is 9.84 Å². The van der Waals surface area contributed by atoms with Crippen LogP contribution in [0.1, 0.15) is 12.8 Å². The Balaban J connectivity index is 2.25. The Labute approximate surface area is 118 Å². The Morgan fingerprint density at radius 1 is 1.35 bits per heavy atom. The molecule has 0 aliphatic carbocycles. The summed E-state index contributed by atoms with van der Waals surface area (Å²) in [6.45, 7) is 0. The van der Waals surface area contributed by atoms with Gasteiger partial charge in [-0.1, -0.05) is 0 Å².